The van der Waals surface area contributed by atoms with Crippen molar-refractivity contribution in [3.63, 3.8) is 0 Å². The number of ether oxygens (including phenoxy) is 1. The molecule has 0 radical (unpaired) electrons. The van der Waals surface area contributed by atoms with Crippen molar-refractivity contribution >= 4 is 35.2 Å². The van der Waals surface area contributed by atoms with Crippen molar-refractivity contribution in [1.82, 2.24) is 14.8 Å². The van der Waals surface area contributed by atoms with Gasteiger partial charge in [-0.15, -0.1) is 11.8 Å². The molecule has 0 unspecified atom stereocenters. The summed E-state index contributed by atoms with van der Waals surface area (Å²) in [4.78, 5) is 16.6. The highest BCUT2D eigenvalue weighted by molar-refractivity contribution is 7.98. The van der Waals surface area contributed by atoms with E-state index in [1.54, 1.807) is 55.7 Å². The van der Waals surface area contributed by atoms with Crippen molar-refractivity contribution in [2.24, 2.45) is 7.05 Å². The van der Waals surface area contributed by atoms with Crippen molar-refractivity contribution in [3.8, 4) is 22.9 Å². The molecule has 38 heavy (non-hydrogen) atoms. The molecule has 0 N–H and O–H groups in total. The second-order valence-corrected chi connectivity index (χ2v) is 9.48. The molecule has 2 heterocycles. The van der Waals surface area contributed by atoms with Gasteiger partial charge in [0, 0.05) is 30.1 Å². The van der Waals surface area contributed by atoms with E-state index < -0.39 is 12.1 Å². The van der Waals surface area contributed by atoms with E-state index in [0.29, 0.717) is 22.4 Å². The van der Waals surface area contributed by atoms with Gasteiger partial charge >= 0.3 is 0 Å². The SMILES string of the molecule is COc1ccc(/C=C/C(=O)c2nn(C)cc2Cl)cc1CSc1nc(C(F)F)cc(-c2ccccc2)c1C#N. The Hall–Kier alpha value is -4.00. The molecule has 0 bridgehead atoms. The lowest BCUT2D eigenvalue weighted by molar-refractivity contribution is 0.104. The lowest BCUT2D eigenvalue weighted by atomic mass is 10.0. The van der Waals surface area contributed by atoms with E-state index in [9.17, 15) is 18.8 Å². The predicted molar refractivity (Wildman–Crippen MR) is 143 cm³/mol. The molecule has 0 amide bonds. The largest absolute Gasteiger partial charge is 0.496 e. The number of thioether (sulfide) groups is 1. The number of alkyl halides is 2. The highest BCUT2D eigenvalue weighted by Gasteiger charge is 2.20. The summed E-state index contributed by atoms with van der Waals surface area (Å²) in [5.41, 5.74) is 2.46. The second kappa shape index (κ2) is 12.0. The number of halogens is 3. The Morgan fingerprint density at radius 1 is 1.24 bits per heavy atom. The van der Waals surface area contributed by atoms with Gasteiger partial charge in [0.25, 0.3) is 6.43 Å². The first kappa shape index (κ1) is 27.0. The number of hydrogen-bond donors (Lipinski definition) is 0. The number of carbonyl (C=O) groups excluding carboxylic acids is 1. The Balaban J connectivity index is 1.63. The number of pyridine rings is 1. The van der Waals surface area contributed by atoms with Crippen molar-refractivity contribution in [2.75, 3.05) is 7.11 Å². The van der Waals surface area contributed by atoms with Gasteiger partial charge in [-0.05, 0) is 35.4 Å². The number of carbonyl (C=O) groups is 1. The first-order valence-corrected chi connectivity index (χ1v) is 12.7. The van der Waals surface area contributed by atoms with Crippen LogP contribution in [0.2, 0.25) is 5.02 Å². The number of nitriles is 1. The van der Waals surface area contributed by atoms with Gasteiger partial charge in [-0.1, -0.05) is 54.1 Å². The van der Waals surface area contributed by atoms with Gasteiger partial charge in [0.1, 0.15) is 22.5 Å². The smallest absolute Gasteiger partial charge is 0.280 e. The lowest BCUT2D eigenvalue weighted by Gasteiger charge is -2.13. The summed E-state index contributed by atoms with van der Waals surface area (Å²) in [6.07, 6.45) is 1.75. The molecule has 0 saturated heterocycles. The molecule has 192 valence electrons. The third kappa shape index (κ3) is 6.10. The average Bonchev–Trinajstić information content (AvgIpc) is 3.27. The second-order valence-electron chi connectivity index (χ2n) is 8.11. The first-order valence-electron chi connectivity index (χ1n) is 11.3. The molecule has 2 aromatic heterocycles. The van der Waals surface area contributed by atoms with Crippen molar-refractivity contribution in [1.29, 1.82) is 5.26 Å². The van der Waals surface area contributed by atoms with Crippen LogP contribution >= 0.6 is 23.4 Å². The number of rotatable bonds is 9. The van der Waals surface area contributed by atoms with E-state index in [1.165, 1.54) is 23.9 Å². The molecular weight excluding hydrogens is 530 g/mol. The Labute approximate surface area is 227 Å². The predicted octanol–water partition coefficient (Wildman–Crippen LogP) is 7.14. The number of benzene rings is 2. The molecule has 0 fully saturated rings. The fourth-order valence-corrected chi connectivity index (χ4v) is 5.01. The van der Waals surface area contributed by atoms with E-state index >= 15 is 0 Å². The molecule has 0 aliphatic carbocycles. The van der Waals surface area contributed by atoms with Crippen molar-refractivity contribution in [3.05, 3.63) is 100.0 Å². The monoisotopic (exact) mass is 550 g/mol. The number of aryl methyl sites for hydroxylation is 1. The third-order valence-electron chi connectivity index (χ3n) is 5.54. The molecule has 0 aliphatic rings. The van der Waals surface area contributed by atoms with Gasteiger partial charge < -0.3 is 4.74 Å². The van der Waals surface area contributed by atoms with Gasteiger partial charge in [-0.2, -0.15) is 10.4 Å². The van der Waals surface area contributed by atoms with Gasteiger partial charge in [-0.25, -0.2) is 13.8 Å². The van der Waals surface area contributed by atoms with Crippen LogP contribution in [0.1, 0.15) is 39.3 Å². The molecule has 4 aromatic rings. The molecule has 4 rings (SSSR count). The van der Waals surface area contributed by atoms with Crippen molar-refractivity contribution in [2.45, 2.75) is 17.2 Å². The van der Waals surface area contributed by atoms with Gasteiger partial charge in [0.15, 0.2) is 5.69 Å². The number of hydrogen-bond acceptors (Lipinski definition) is 6. The molecule has 6 nitrogen and oxygen atoms in total. The Morgan fingerprint density at radius 3 is 2.63 bits per heavy atom. The first-order chi connectivity index (χ1) is 18.3. The van der Waals surface area contributed by atoms with Crippen LogP contribution in [0.25, 0.3) is 17.2 Å². The van der Waals surface area contributed by atoms with Crippen LogP contribution in [-0.2, 0) is 12.8 Å². The molecule has 2 aromatic carbocycles. The fourth-order valence-electron chi connectivity index (χ4n) is 3.75. The van der Waals surface area contributed by atoms with Gasteiger partial charge in [-0.3, -0.25) is 9.48 Å². The summed E-state index contributed by atoms with van der Waals surface area (Å²) in [6, 6.07) is 17.6. The number of allylic oxidation sites excluding steroid dienone is 1. The normalized spacial score (nSPS) is 11.2. The molecule has 0 spiro atoms. The topological polar surface area (TPSA) is 80.8 Å². The maximum Gasteiger partial charge on any atom is 0.280 e. The number of nitrogens with zero attached hydrogens (tertiary/aromatic N) is 4. The summed E-state index contributed by atoms with van der Waals surface area (Å²) < 4.78 is 34.3. The minimum Gasteiger partial charge on any atom is -0.496 e. The van der Waals surface area contributed by atoms with Crippen LogP contribution in [0.15, 0.2) is 71.9 Å². The Kier molecular flexibility index (Phi) is 8.56. The maximum absolute atomic E-state index is 13.7. The van der Waals surface area contributed by atoms with Crippen LogP contribution in [0.3, 0.4) is 0 Å². The zero-order chi connectivity index (χ0) is 27.2. The van der Waals surface area contributed by atoms with Crippen LogP contribution < -0.4 is 4.74 Å². The van der Waals surface area contributed by atoms with E-state index in [-0.39, 0.29) is 32.8 Å². The van der Waals surface area contributed by atoms with Gasteiger partial charge in [0.2, 0.25) is 5.78 Å². The van der Waals surface area contributed by atoms with E-state index in [4.69, 9.17) is 16.3 Å². The van der Waals surface area contributed by atoms with E-state index in [1.807, 2.05) is 12.1 Å². The van der Waals surface area contributed by atoms with E-state index in [2.05, 4.69) is 16.2 Å². The van der Waals surface area contributed by atoms with Crippen LogP contribution in [0.4, 0.5) is 8.78 Å². The van der Waals surface area contributed by atoms with Crippen LogP contribution in [0, 0.1) is 11.3 Å². The summed E-state index contributed by atoms with van der Waals surface area (Å²) in [5, 5.41) is 14.4. The molecule has 0 atom stereocenters. The maximum atomic E-state index is 13.7. The summed E-state index contributed by atoms with van der Waals surface area (Å²) in [6.45, 7) is 0. The molecule has 0 aliphatic heterocycles. The Bertz CT molecular complexity index is 1550. The summed E-state index contributed by atoms with van der Waals surface area (Å²) in [5.74, 6) is 0.510. The Morgan fingerprint density at radius 2 is 2.00 bits per heavy atom. The molecule has 0 saturated carbocycles. The highest BCUT2D eigenvalue weighted by Crippen LogP contribution is 2.36. The molecular formula is C28H21ClF2N4O2S. The third-order valence-corrected chi connectivity index (χ3v) is 6.84. The standard InChI is InChI=1S/C28H21ClF2N4O2S/c1-35-15-22(29)26(34-35)24(36)10-8-17-9-11-25(37-2)19(12-17)16-38-28-21(14-32)20(13-23(33-28)27(30)31)18-6-4-3-5-7-18/h3-13,15,27H,16H2,1-2H3/b10-8+. The zero-order valence-corrected chi connectivity index (χ0v) is 21.9. The summed E-state index contributed by atoms with van der Waals surface area (Å²) in [7, 11) is 3.20. The lowest BCUT2D eigenvalue weighted by Crippen LogP contribution is -2.00. The van der Waals surface area contributed by atoms with Crippen molar-refractivity contribution < 1.29 is 18.3 Å². The average molecular weight is 551 g/mol. The van der Waals surface area contributed by atoms with Gasteiger partial charge in [0.05, 0.1) is 17.7 Å². The minimum absolute atomic E-state index is 0.151. The number of ketones is 1. The van der Waals surface area contributed by atoms with Crippen LogP contribution in [0.5, 0.6) is 5.75 Å². The molecule has 10 heteroatoms. The number of aromatic nitrogens is 3. The summed E-state index contributed by atoms with van der Waals surface area (Å²) >= 11 is 7.22. The van der Waals surface area contributed by atoms with E-state index in [0.717, 1.165) is 17.3 Å². The van der Waals surface area contributed by atoms with Crippen LogP contribution in [-0.4, -0.2) is 27.7 Å². The highest BCUT2D eigenvalue weighted by atomic mass is 35.5. The minimum atomic E-state index is -2.79. The fraction of sp³-hybridized carbons (Fsp3) is 0.143. The number of methoxy groups -OCH3 is 1. The zero-order valence-electron chi connectivity index (χ0n) is 20.4. The quantitative estimate of drug-likeness (QED) is 0.125.